The van der Waals surface area contributed by atoms with E-state index in [0.717, 1.165) is 10.4 Å². The average Bonchev–Trinajstić information content (AvgIpc) is 2.75. The Morgan fingerprint density at radius 3 is 2.52 bits per heavy atom. The first-order valence-electron chi connectivity index (χ1n) is 9.65. The van der Waals surface area contributed by atoms with E-state index in [1.807, 2.05) is 0 Å². The van der Waals surface area contributed by atoms with Crippen LogP contribution in [0.5, 0.6) is 5.75 Å². The zero-order valence-corrected chi connectivity index (χ0v) is 18.9. The van der Waals surface area contributed by atoms with Crippen LogP contribution in [0.25, 0.3) is 10.9 Å². The Labute approximate surface area is 192 Å². The lowest BCUT2D eigenvalue weighted by atomic mass is 10.1. The Morgan fingerprint density at radius 1 is 1.15 bits per heavy atom. The number of ether oxygens (including phenoxy) is 1. The van der Waals surface area contributed by atoms with Gasteiger partial charge in [0.05, 0.1) is 23.2 Å². The molecule has 2 N–H and O–H groups in total. The highest BCUT2D eigenvalue weighted by atomic mass is 35.5. The Kier molecular flexibility index (Phi) is 7.37. The molecule has 0 amide bonds. The molecular weight excluding hydrogens is 485 g/mol. The number of hydrogen-bond acceptors (Lipinski definition) is 5. The molecule has 0 radical (unpaired) electrons. The number of methoxy groups -OCH3 is 1. The van der Waals surface area contributed by atoms with Gasteiger partial charge in [-0.3, -0.25) is 4.79 Å². The molecule has 0 saturated carbocycles. The SMILES string of the molecule is COc1ccc2cc(CN(CCCO)S(=O)(=O)c3cc(C(F)(F)F)ccc3Cl)c(=O)[nH]c2c1. The number of fused-ring (bicyclic) bond motifs is 1. The first-order valence-corrected chi connectivity index (χ1v) is 11.5. The van der Waals surface area contributed by atoms with E-state index in [1.54, 1.807) is 18.2 Å². The lowest BCUT2D eigenvalue weighted by Gasteiger charge is -2.23. The lowest BCUT2D eigenvalue weighted by Crippen LogP contribution is -2.34. The summed E-state index contributed by atoms with van der Waals surface area (Å²) in [6.45, 7) is -1.05. The molecule has 3 aromatic rings. The molecule has 1 aromatic heterocycles. The van der Waals surface area contributed by atoms with Crippen LogP contribution in [0.3, 0.4) is 0 Å². The Morgan fingerprint density at radius 2 is 1.88 bits per heavy atom. The van der Waals surface area contributed by atoms with Gasteiger partial charge in [-0.25, -0.2) is 8.42 Å². The van der Waals surface area contributed by atoms with Gasteiger partial charge in [-0.05, 0) is 48.2 Å². The van der Waals surface area contributed by atoms with Crippen molar-refractivity contribution in [3.63, 3.8) is 0 Å². The van der Waals surface area contributed by atoms with Crippen LogP contribution in [0.4, 0.5) is 13.2 Å². The Bertz CT molecular complexity index is 1330. The summed E-state index contributed by atoms with van der Waals surface area (Å²) in [4.78, 5) is 14.5. The fourth-order valence-electron chi connectivity index (χ4n) is 3.21. The molecule has 7 nitrogen and oxygen atoms in total. The molecule has 0 atom stereocenters. The van der Waals surface area contributed by atoms with Crippen molar-refractivity contribution >= 4 is 32.5 Å². The fraction of sp³-hybridized carbons (Fsp3) is 0.286. The quantitative estimate of drug-likeness (QED) is 0.486. The molecule has 0 aliphatic rings. The normalized spacial score (nSPS) is 12.5. The van der Waals surface area contributed by atoms with Crippen molar-refractivity contribution in [3.05, 3.63) is 69.0 Å². The number of nitrogens with one attached hydrogen (secondary N) is 1. The van der Waals surface area contributed by atoms with Gasteiger partial charge in [0.1, 0.15) is 10.6 Å². The molecule has 33 heavy (non-hydrogen) atoms. The number of alkyl halides is 3. The number of sulfonamides is 1. The van der Waals surface area contributed by atoms with Crippen molar-refractivity contribution in [3.8, 4) is 5.75 Å². The molecule has 178 valence electrons. The van der Waals surface area contributed by atoms with E-state index in [-0.39, 0.29) is 25.1 Å². The number of hydrogen-bond donors (Lipinski definition) is 2. The van der Waals surface area contributed by atoms with Crippen molar-refractivity contribution in [2.45, 2.75) is 24.0 Å². The largest absolute Gasteiger partial charge is 0.497 e. The molecule has 0 aliphatic carbocycles. The fourth-order valence-corrected chi connectivity index (χ4v) is 5.16. The summed E-state index contributed by atoms with van der Waals surface area (Å²) in [6, 6.07) is 8.42. The van der Waals surface area contributed by atoms with E-state index < -0.39 is 43.8 Å². The van der Waals surface area contributed by atoms with Crippen molar-refractivity contribution in [2.24, 2.45) is 0 Å². The number of aliphatic hydroxyl groups is 1. The smallest absolute Gasteiger partial charge is 0.416 e. The van der Waals surface area contributed by atoms with Gasteiger partial charge in [0, 0.05) is 31.3 Å². The van der Waals surface area contributed by atoms with Crippen LogP contribution in [-0.2, 0) is 22.7 Å². The second-order valence-electron chi connectivity index (χ2n) is 7.14. The molecule has 1 heterocycles. The second-order valence-corrected chi connectivity index (χ2v) is 9.45. The zero-order chi connectivity index (χ0) is 24.4. The molecule has 3 rings (SSSR count). The van der Waals surface area contributed by atoms with Gasteiger partial charge >= 0.3 is 6.18 Å². The van der Waals surface area contributed by atoms with Gasteiger partial charge in [0.2, 0.25) is 10.0 Å². The number of aromatic amines is 1. The molecule has 0 fully saturated rings. The first-order chi connectivity index (χ1) is 15.5. The maximum atomic E-state index is 13.3. The standard InChI is InChI=1S/C21H20ClF3N2O5S/c1-32-16-5-3-13-9-14(20(29)26-18(13)11-16)12-27(7-2-8-28)33(30,31)19-10-15(21(23,24)25)4-6-17(19)22/h3-6,9-11,28H,2,7-8,12H2,1H3,(H,26,29). The van der Waals surface area contributed by atoms with Crippen molar-refractivity contribution in [1.29, 1.82) is 0 Å². The second kappa shape index (κ2) is 9.72. The third kappa shape index (κ3) is 5.49. The highest BCUT2D eigenvalue weighted by molar-refractivity contribution is 7.89. The van der Waals surface area contributed by atoms with Crippen LogP contribution in [0, 0.1) is 0 Å². The molecule has 0 aliphatic heterocycles. The third-order valence-corrected chi connectivity index (χ3v) is 7.25. The minimum atomic E-state index is -4.78. The van der Waals surface area contributed by atoms with Gasteiger partial charge < -0.3 is 14.8 Å². The third-order valence-electron chi connectivity index (χ3n) is 4.92. The molecule has 12 heteroatoms. The zero-order valence-electron chi connectivity index (χ0n) is 17.3. The predicted octanol–water partition coefficient (Wildman–Crippen LogP) is 3.78. The van der Waals surface area contributed by atoms with Crippen molar-refractivity contribution in [1.82, 2.24) is 9.29 Å². The van der Waals surface area contributed by atoms with Gasteiger partial charge in [-0.2, -0.15) is 17.5 Å². The predicted molar refractivity (Wildman–Crippen MR) is 117 cm³/mol. The highest BCUT2D eigenvalue weighted by Crippen LogP contribution is 2.34. The number of nitrogens with zero attached hydrogens (tertiary/aromatic N) is 1. The van der Waals surface area contributed by atoms with Gasteiger partial charge in [0.15, 0.2) is 0 Å². The minimum absolute atomic E-state index is 0.00149. The monoisotopic (exact) mass is 504 g/mol. The summed E-state index contributed by atoms with van der Waals surface area (Å²) < 4.78 is 71.9. The summed E-state index contributed by atoms with van der Waals surface area (Å²) in [7, 11) is -3.08. The van der Waals surface area contributed by atoms with E-state index in [1.165, 1.54) is 13.2 Å². The molecule has 0 spiro atoms. The Balaban J connectivity index is 2.06. The maximum absolute atomic E-state index is 13.3. The molecule has 0 bridgehead atoms. The van der Waals surface area contributed by atoms with Gasteiger partial charge in [-0.1, -0.05) is 11.6 Å². The lowest BCUT2D eigenvalue weighted by molar-refractivity contribution is -0.137. The van der Waals surface area contributed by atoms with Crippen LogP contribution in [0.15, 0.2) is 52.2 Å². The molecular formula is C21H20ClF3N2O5S. The van der Waals surface area contributed by atoms with Crippen LogP contribution in [-0.4, -0.2) is 43.1 Å². The molecule has 0 unspecified atom stereocenters. The minimum Gasteiger partial charge on any atom is -0.497 e. The summed E-state index contributed by atoms with van der Waals surface area (Å²) >= 11 is 5.95. The van der Waals surface area contributed by atoms with E-state index in [0.29, 0.717) is 28.8 Å². The number of benzene rings is 2. The number of aliphatic hydroxyl groups excluding tert-OH is 1. The average molecular weight is 505 g/mol. The topological polar surface area (TPSA) is 99.7 Å². The van der Waals surface area contributed by atoms with Crippen LogP contribution >= 0.6 is 11.6 Å². The van der Waals surface area contributed by atoms with Gasteiger partial charge in [-0.15, -0.1) is 0 Å². The van der Waals surface area contributed by atoms with E-state index >= 15 is 0 Å². The summed E-state index contributed by atoms with van der Waals surface area (Å²) in [5, 5.41) is 9.40. The van der Waals surface area contributed by atoms with Crippen molar-refractivity contribution in [2.75, 3.05) is 20.3 Å². The van der Waals surface area contributed by atoms with Crippen LogP contribution < -0.4 is 10.3 Å². The molecule has 2 aromatic carbocycles. The van der Waals surface area contributed by atoms with Crippen LogP contribution in [0.1, 0.15) is 17.5 Å². The number of halogens is 4. The van der Waals surface area contributed by atoms with Crippen LogP contribution in [0.2, 0.25) is 5.02 Å². The highest BCUT2D eigenvalue weighted by Gasteiger charge is 2.34. The Hall–Kier alpha value is -2.60. The number of H-pyrrole nitrogens is 1. The summed E-state index contributed by atoms with van der Waals surface area (Å²) in [5.74, 6) is 0.511. The van der Waals surface area contributed by atoms with Gasteiger partial charge in [0.25, 0.3) is 5.56 Å². The maximum Gasteiger partial charge on any atom is 0.416 e. The number of rotatable bonds is 8. The van der Waals surface area contributed by atoms with E-state index in [4.69, 9.17) is 16.3 Å². The van der Waals surface area contributed by atoms with Crippen molar-refractivity contribution < 1.29 is 31.4 Å². The van der Waals surface area contributed by atoms with E-state index in [9.17, 15) is 31.5 Å². The summed E-state index contributed by atoms with van der Waals surface area (Å²) in [5.41, 5.74) is -1.22. The molecule has 0 saturated heterocycles. The number of aromatic nitrogens is 1. The number of pyridine rings is 1. The van der Waals surface area contributed by atoms with E-state index in [2.05, 4.69) is 4.98 Å². The first kappa shape index (κ1) is 25.0. The summed E-state index contributed by atoms with van der Waals surface area (Å²) in [6.07, 6.45) is -4.78.